The SMILES string of the molecule is C[C@H]1CC2CN(C(=O)C[S+]([O-])Cc3ccc(F)cc3)CC1N2c1ccc(C#N)cn1. The molecule has 0 radical (unpaired) electrons. The van der Waals surface area contributed by atoms with Gasteiger partial charge in [-0.15, -0.1) is 0 Å². The van der Waals surface area contributed by atoms with Gasteiger partial charge in [0, 0.05) is 30.9 Å². The molecule has 156 valence electrons. The molecule has 8 heteroatoms. The number of piperazine rings is 1. The summed E-state index contributed by atoms with van der Waals surface area (Å²) in [5.41, 5.74) is 1.28. The van der Waals surface area contributed by atoms with Crippen LogP contribution in [0.5, 0.6) is 0 Å². The molecule has 2 aliphatic heterocycles. The van der Waals surface area contributed by atoms with E-state index in [1.807, 2.05) is 11.0 Å². The van der Waals surface area contributed by atoms with Crippen LogP contribution in [0.1, 0.15) is 24.5 Å². The highest BCUT2D eigenvalue weighted by molar-refractivity contribution is 7.91. The number of benzene rings is 1. The van der Waals surface area contributed by atoms with E-state index >= 15 is 0 Å². The van der Waals surface area contributed by atoms with Gasteiger partial charge in [-0.1, -0.05) is 19.1 Å². The maximum atomic E-state index is 13.0. The fourth-order valence-electron chi connectivity index (χ4n) is 4.44. The molecule has 1 aromatic carbocycles. The average Bonchev–Trinajstić information content (AvgIpc) is 2.93. The summed E-state index contributed by atoms with van der Waals surface area (Å²) in [6.07, 6.45) is 2.55. The summed E-state index contributed by atoms with van der Waals surface area (Å²) in [5, 5.41) is 8.98. The number of aromatic nitrogens is 1. The number of hydrogen-bond acceptors (Lipinski definition) is 5. The minimum Gasteiger partial charge on any atom is -0.616 e. The molecule has 4 atom stereocenters. The molecule has 4 rings (SSSR count). The summed E-state index contributed by atoms with van der Waals surface area (Å²) in [6.45, 7) is 3.34. The van der Waals surface area contributed by atoms with E-state index in [0.29, 0.717) is 24.6 Å². The molecule has 2 bridgehead atoms. The zero-order valence-electron chi connectivity index (χ0n) is 16.7. The molecular formula is C22H23FN4O2S. The number of nitrogens with zero attached hydrogens (tertiary/aromatic N) is 4. The number of likely N-dealkylation sites (tertiary alicyclic amines) is 1. The maximum absolute atomic E-state index is 13.0. The minimum atomic E-state index is -1.34. The van der Waals surface area contributed by atoms with Gasteiger partial charge in [0.05, 0.1) is 11.6 Å². The summed E-state index contributed by atoms with van der Waals surface area (Å²) in [6, 6.07) is 11.9. The van der Waals surface area contributed by atoms with Crippen LogP contribution in [-0.4, -0.2) is 51.3 Å². The van der Waals surface area contributed by atoms with Crippen molar-refractivity contribution in [2.45, 2.75) is 31.2 Å². The van der Waals surface area contributed by atoms with E-state index in [2.05, 4.69) is 22.9 Å². The number of hydrogen-bond donors (Lipinski definition) is 0. The first kappa shape index (κ1) is 20.6. The highest BCUT2D eigenvalue weighted by Gasteiger charge is 2.46. The number of halogens is 1. The van der Waals surface area contributed by atoms with Gasteiger partial charge in [0.25, 0.3) is 5.91 Å². The van der Waals surface area contributed by atoms with Crippen LogP contribution in [-0.2, 0) is 21.7 Å². The predicted octanol–water partition coefficient (Wildman–Crippen LogP) is 2.47. The zero-order valence-corrected chi connectivity index (χ0v) is 17.5. The lowest BCUT2D eigenvalue weighted by molar-refractivity contribution is -0.129. The van der Waals surface area contributed by atoms with Crippen molar-refractivity contribution in [3.05, 3.63) is 59.5 Å². The number of fused-ring (bicyclic) bond motifs is 2. The van der Waals surface area contributed by atoms with Gasteiger partial charge in [-0.05, 0) is 47.8 Å². The Kier molecular flexibility index (Phi) is 5.93. The number of amides is 1. The first-order valence-electron chi connectivity index (χ1n) is 9.96. The van der Waals surface area contributed by atoms with E-state index in [1.54, 1.807) is 24.4 Å². The molecule has 0 spiro atoms. The van der Waals surface area contributed by atoms with E-state index in [4.69, 9.17) is 5.26 Å². The molecule has 30 heavy (non-hydrogen) atoms. The standard InChI is InChI=1S/C22H23FN4O2S/c1-15-8-19-11-26(12-20(15)27(19)21-7-4-17(9-24)10-25-21)22(28)14-30(29)13-16-2-5-18(23)6-3-16/h2-7,10,15,19-20H,8,11-14H2,1H3/t15-,19?,20?,30?/m0/s1. The summed E-state index contributed by atoms with van der Waals surface area (Å²) in [5.74, 6) is 1.02. The van der Waals surface area contributed by atoms with E-state index in [9.17, 15) is 13.7 Å². The van der Waals surface area contributed by atoms with E-state index in [0.717, 1.165) is 17.8 Å². The highest BCUT2D eigenvalue weighted by Crippen LogP contribution is 2.37. The fraction of sp³-hybridized carbons (Fsp3) is 0.409. The summed E-state index contributed by atoms with van der Waals surface area (Å²) >= 11 is -1.34. The number of rotatable bonds is 5. The van der Waals surface area contributed by atoms with Crippen molar-refractivity contribution in [3.8, 4) is 6.07 Å². The van der Waals surface area contributed by atoms with Gasteiger partial charge in [0.2, 0.25) is 0 Å². The summed E-state index contributed by atoms with van der Waals surface area (Å²) < 4.78 is 25.5. The van der Waals surface area contributed by atoms with Crippen LogP contribution in [0, 0.1) is 23.1 Å². The molecule has 3 heterocycles. The van der Waals surface area contributed by atoms with E-state index < -0.39 is 11.2 Å². The monoisotopic (exact) mass is 426 g/mol. The molecule has 6 nitrogen and oxygen atoms in total. The Balaban J connectivity index is 1.39. The van der Waals surface area contributed by atoms with Crippen molar-refractivity contribution in [2.24, 2.45) is 5.92 Å². The molecule has 0 N–H and O–H groups in total. The summed E-state index contributed by atoms with van der Waals surface area (Å²) in [4.78, 5) is 21.3. The first-order valence-corrected chi connectivity index (χ1v) is 11.4. The second-order valence-corrected chi connectivity index (χ2v) is 9.47. The number of pyridine rings is 1. The van der Waals surface area contributed by atoms with Crippen molar-refractivity contribution in [1.29, 1.82) is 5.26 Å². The maximum Gasteiger partial charge on any atom is 0.272 e. The van der Waals surface area contributed by atoms with Crippen LogP contribution in [0.3, 0.4) is 0 Å². The van der Waals surface area contributed by atoms with Gasteiger partial charge in [-0.25, -0.2) is 9.37 Å². The zero-order chi connectivity index (χ0) is 21.3. The predicted molar refractivity (Wildman–Crippen MR) is 112 cm³/mol. The lowest BCUT2D eigenvalue weighted by Crippen LogP contribution is -2.57. The number of carbonyl (C=O) groups excluding carboxylic acids is 1. The van der Waals surface area contributed by atoms with Gasteiger partial charge in [-0.2, -0.15) is 5.26 Å². The van der Waals surface area contributed by atoms with E-state index in [-0.39, 0.29) is 35.3 Å². The van der Waals surface area contributed by atoms with Gasteiger partial charge in [0.1, 0.15) is 23.5 Å². The van der Waals surface area contributed by atoms with Crippen molar-refractivity contribution in [2.75, 3.05) is 23.7 Å². The summed E-state index contributed by atoms with van der Waals surface area (Å²) in [7, 11) is 0. The quantitative estimate of drug-likeness (QED) is 0.686. The van der Waals surface area contributed by atoms with Crippen LogP contribution in [0.4, 0.5) is 10.2 Å². The van der Waals surface area contributed by atoms with Crippen LogP contribution in [0.2, 0.25) is 0 Å². The van der Waals surface area contributed by atoms with Crippen molar-refractivity contribution < 1.29 is 13.7 Å². The second-order valence-electron chi connectivity index (χ2n) is 8.01. The Hall–Kier alpha value is -2.63. The normalized spacial score (nSPS) is 23.9. The largest absolute Gasteiger partial charge is 0.616 e. The van der Waals surface area contributed by atoms with Gasteiger partial charge in [-0.3, -0.25) is 4.79 Å². The Morgan fingerprint density at radius 3 is 2.70 bits per heavy atom. The molecule has 1 aromatic heterocycles. The van der Waals surface area contributed by atoms with Gasteiger partial charge < -0.3 is 14.4 Å². The Bertz CT molecular complexity index is 947. The van der Waals surface area contributed by atoms with Crippen molar-refractivity contribution >= 4 is 22.9 Å². The molecule has 2 aliphatic rings. The van der Waals surface area contributed by atoms with Crippen LogP contribution in [0.25, 0.3) is 0 Å². The lowest BCUT2D eigenvalue weighted by Gasteiger charge is -2.42. The molecule has 2 fully saturated rings. The Morgan fingerprint density at radius 2 is 2.07 bits per heavy atom. The van der Waals surface area contributed by atoms with Gasteiger partial charge >= 0.3 is 0 Å². The highest BCUT2D eigenvalue weighted by atomic mass is 32.2. The molecule has 2 aromatic rings. The first-order chi connectivity index (χ1) is 14.4. The van der Waals surface area contributed by atoms with Crippen molar-refractivity contribution in [3.63, 3.8) is 0 Å². The van der Waals surface area contributed by atoms with Crippen LogP contribution < -0.4 is 4.90 Å². The minimum absolute atomic E-state index is 0.0275. The third kappa shape index (κ3) is 4.27. The van der Waals surface area contributed by atoms with E-state index in [1.165, 1.54) is 12.1 Å². The molecule has 2 saturated heterocycles. The Labute approximate surface area is 178 Å². The second kappa shape index (κ2) is 8.62. The number of nitriles is 1. The Morgan fingerprint density at radius 1 is 1.30 bits per heavy atom. The molecule has 1 amide bonds. The molecule has 0 aliphatic carbocycles. The van der Waals surface area contributed by atoms with Crippen LogP contribution >= 0.6 is 0 Å². The fourth-order valence-corrected chi connectivity index (χ4v) is 5.57. The van der Waals surface area contributed by atoms with Crippen molar-refractivity contribution in [1.82, 2.24) is 9.88 Å². The third-order valence-corrected chi connectivity index (χ3v) is 7.13. The average molecular weight is 427 g/mol. The molecular weight excluding hydrogens is 403 g/mol. The number of anilines is 1. The lowest BCUT2D eigenvalue weighted by atomic mass is 10.0. The third-order valence-electron chi connectivity index (χ3n) is 5.91. The smallest absolute Gasteiger partial charge is 0.272 e. The van der Waals surface area contributed by atoms with Gasteiger partial charge in [0.15, 0.2) is 5.75 Å². The van der Waals surface area contributed by atoms with Crippen LogP contribution in [0.15, 0.2) is 42.6 Å². The topological polar surface area (TPSA) is 83.3 Å². The number of carbonyl (C=O) groups is 1. The molecule has 3 unspecified atom stereocenters. The molecule has 0 saturated carbocycles.